The zero-order valence-electron chi connectivity index (χ0n) is 7.22. The lowest BCUT2D eigenvalue weighted by atomic mass is 10.0. The van der Waals surface area contributed by atoms with Crippen LogP contribution < -0.4 is 5.73 Å². The van der Waals surface area contributed by atoms with Gasteiger partial charge in [0.1, 0.15) is 0 Å². The van der Waals surface area contributed by atoms with Crippen molar-refractivity contribution in [3.8, 4) is 0 Å². The molecule has 1 rings (SSSR count). The fourth-order valence-corrected chi connectivity index (χ4v) is 0.815. The lowest BCUT2D eigenvalue weighted by molar-refractivity contribution is 0.111. The topological polar surface area (TPSA) is 46.2 Å². The van der Waals surface area contributed by atoms with Gasteiger partial charge < -0.3 is 10.8 Å². The van der Waals surface area contributed by atoms with Crippen molar-refractivity contribution in [1.82, 2.24) is 0 Å². The molecule has 1 aliphatic carbocycles. The Bertz CT molecular complexity index is 89.3. The highest BCUT2D eigenvalue weighted by atomic mass is 16.3. The molecule has 62 valence electrons. The van der Waals surface area contributed by atoms with Crippen LogP contribution in [0.2, 0.25) is 0 Å². The van der Waals surface area contributed by atoms with Gasteiger partial charge in [0.25, 0.3) is 0 Å². The van der Waals surface area contributed by atoms with Crippen LogP contribution in [0.5, 0.6) is 0 Å². The zero-order chi connectivity index (χ0) is 8.20. The smallest absolute Gasteiger partial charge is 0.0715 e. The summed E-state index contributed by atoms with van der Waals surface area (Å²) in [6.45, 7) is 6.49. The Morgan fingerprint density at radius 2 is 1.90 bits per heavy atom. The third-order valence-corrected chi connectivity index (χ3v) is 2.07. The highest BCUT2D eigenvalue weighted by Crippen LogP contribution is 2.47. The summed E-state index contributed by atoms with van der Waals surface area (Å²) in [5, 5.41) is 9.13. The first-order valence-electron chi connectivity index (χ1n) is 4.07. The van der Waals surface area contributed by atoms with Gasteiger partial charge in [-0.2, -0.15) is 0 Å². The predicted molar refractivity (Wildman–Crippen MR) is 43.8 cm³/mol. The number of hydrogen-bond acceptors (Lipinski definition) is 2. The van der Waals surface area contributed by atoms with E-state index in [-0.39, 0.29) is 11.5 Å². The Hall–Kier alpha value is -0.0800. The maximum absolute atomic E-state index is 9.13. The van der Waals surface area contributed by atoms with Crippen LogP contribution >= 0.6 is 0 Å². The zero-order valence-corrected chi connectivity index (χ0v) is 7.22. The third-order valence-electron chi connectivity index (χ3n) is 2.07. The molecule has 0 spiro atoms. The van der Waals surface area contributed by atoms with E-state index >= 15 is 0 Å². The number of rotatable bonds is 2. The molecule has 0 aromatic carbocycles. The molecule has 0 bridgehead atoms. The number of aliphatic hydroxyl groups excluding tert-OH is 1. The minimum absolute atomic E-state index is 0.189. The van der Waals surface area contributed by atoms with Crippen LogP contribution in [0.15, 0.2) is 0 Å². The van der Waals surface area contributed by atoms with E-state index in [1.54, 1.807) is 0 Å². The van der Waals surface area contributed by atoms with Crippen LogP contribution in [-0.4, -0.2) is 17.8 Å². The Kier molecular flexibility index (Phi) is 3.91. The summed E-state index contributed by atoms with van der Waals surface area (Å²) >= 11 is 0. The molecular formula is C8H19NO. The monoisotopic (exact) mass is 145 g/mol. The molecule has 0 radical (unpaired) electrons. The van der Waals surface area contributed by atoms with Crippen molar-refractivity contribution >= 4 is 0 Å². The van der Waals surface area contributed by atoms with E-state index in [0.717, 1.165) is 12.8 Å². The van der Waals surface area contributed by atoms with Gasteiger partial charge in [0.2, 0.25) is 0 Å². The van der Waals surface area contributed by atoms with Crippen LogP contribution in [0, 0.1) is 5.41 Å². The molecular weight excluding hydrogens is 126 g/mol. The van der Waals surface area contributed by atoms with Crippen molar-refractivity contribution in [2.75, 3.05) is 6.54 Å². The van der Waals surface area contributed by atoms with Crippen molar-refractivity contribution in [2.24, 2.45) is 11.1 Å². The van der Waals surface area contributed by atoms with Crippen LogP contribution in [0.25, 0.3) is 0 Å². The molecule has 1 aliphatic rings. The highest BCUT2D eigenvalue weighted by molar-refractivity contribution is 4.94. The molecule has 1 saturated carbocycles. The van der Waals surface area contributed by atoms with Crippen molar-refractivity contribution in [3.63, 3.8) is 0 Å². The summed E-state index contributed by atoms with van der Waals surface area (Å²) in [5.41, 5.74) is 5.44. The molecule has 0 heterocycles. The van der Waals surface area contributed by atoms with Crippen LogP contribution in [0.3, 0.4) is 0 Å². The van der Waals surface area contributed by atoms with Crippen LogP contribution in [0.1, 0.15) is 33.6 Å². The number of aliphatic hydroxyl groups is 1. The summed E-state index contributed by atoms with van der Waals surface area (Å²) < 4.78 is 0. The summed E-state index contributed by atoms with van der Waals surface area (Å²) in [6.07, 6.45) is 2.03. The molecule has 1 atom stereocenters. The van der Waals surface area contributed by atoms with Crippen LogP contribution in [0.4, 0.5) is 0 Å². The maximum atomic E-state index is 9.13. The molecule has 1 unspecified atom stereocenters. The molecule has 0 aromatic rings. The average molecular weight is 145 g/mol. The Morgan fingerprint density at radius 1 is 1.50 bits per heavy atom. The standard InChI is InChI=1S/C6H13NO.C2H6/c1-6(2-3-6)5(8)4-7;1-2/h5,8H,2-4,7H2,1H3;1-2H3. The van der Waals surface area contributed by atoms with Gasteiger partial charge in [-0.1, -0.05) is 20.8 Å². The van der Waals surface area contributed by atoms with Gasteiger partial charge in [-0.25, -0.2) is 0 Å². The Morgan fingerprint density at radius 3 is 2.00 bits per heavy atom. The van der Waals surface area contributed by atoms with Gasteiger partial charge in [-0.05, 0) is 18.3 Å². The normalized spacial score (nSPS) is 22.5. The predicted octanol–water partition coefficient (Wildman–Crippen LogP) is 1.13. The largest absolute Gasteiger partial charge is 0.391 e. The second-order valence-corrected chi connectivity index (χ2v) is 2.91. The highest BCUT2D eigenvalue weighted by Gasteiger charge is 2.43. The van der Waals surface area contributed by atoms with E-state index in [0.29, 0.717) is 6.54 Å². The fraction of sp³-hybridized carbons (Fsp3) is 1.00. The van der Waals surface area contributed by atoms with Gasteiger partial charge >= 0.3 is 0 Å². The summed E-state index contributed by atoms with van der Waals surface area (Å²) in [7, 11) is 0. The average Bonchev–Trinajstić information content (AvgIpc) is 2.72. The molecule has 10 heavy (non-hydrogen) atoms. The van der Waals surface area contributed by atoms with E-state index in [1.165, 1.54) is 0 Å². The van der Waals surface area contributed by atoms with E-state index in [2.05, 4.69) is 6.92 Å². The first-order chi connectivity index (χ1) is 4.69. The van der Waals surface area contributed by atoms with Gasteiger partial charge in [-0.3, -0.25) is 0 Å². The lowest BCUT2D eigenvalue weighted by Gasteiger charge is -2.13. The fourth-order valence-electron chi connectivity index (χ4n) is 0.815. The summed E-state index contributed by atoms with van der Waals surface area (Å²) in [5.74, 6) is 0. The molecule has 0 saturated heterocycles. The van der Waals surface area contributed by atoms with E-state index in [9.17, 15) is 0 Å². The second-order valence-electron chi connectivity index (χ2n) is 2.91. The lowest BCUT2D eigenvalue weighted by Crippen LogP contribution is -2.27. The van der Waals surface area contributed by atoms with E-state index in [4.69, 9.17) is 10.8 Å². The summed E-state index contributed by atoms with van der Waals surface area (Å²) in [4.78, 5) is 0. The van der Waals surface area contributed by atoms with Gasteiger partial charge in [0, 0.05) is 6.54 Å². The maximum Gasteiger partial charge on any atom is 0.0715 e. The molecule has 0 aromatic heterocycles. The van der Waals surface area contributed by atoms with E-state index < -0.39 is 0 Å². The molecule has 0 aliphatic heterocycles. The van der Waals surface area contributed by atoms with Crippen molar-refractivity contribution < 1.29 is 5.11 Å². The van der Waals surface area contributed by atoms with Crippen molar-refractivity contribution in [2.45, 2.75) is 39.7 Å². The number of nitrogens with two attached hydrogens (primary N) is 1. The number of hydrogen-bond donors (Lipinski definition) is 2. The van der Waals surface area contributed by atoms with Crippen molar-refractivity contribution in [1.29, 1.82) is 0 Å². The molecule has 2 nitrogen and oxygen atoms in total. The second kappa shape index (κ2) is 3.94. The first-order valence-corrected chi connectivity index (χ1v) is 4.07. The molecule has 0 amide bonds. The minimum atomic E-state index is -0.262. The Balaban J connectivity index is 0.000000371. The quantitative estimate of drug-likeness (QED) is 0.612. The third kappa shape index (κ3) is 2.27. The van der Waals surface area contributed by atoms with E-state index in [1.807, 2.05) is 13.8 Å². The van der Waals surface area contributed by atoms with Gasteiger partial charge in [-0.15, -0.1) is 0 Å². The minimum Gasteiger partial charge on any atom is -0.391 e. The van der Waals surface area contributed by atoms with Crippen molar-refractivity contribution in [3.05, 3.63) is 0 Å². The van der Waals surface area contributed by atoms with Crippen LogP contribution in [-0.2, 0) is 0 Å². The van der Waals surface area contributed by atoms with Gasteiger partial charge in [0.05, 0.1) is 6.10 Å². The first kappa shape index (κ1) is 9.92. The Labute approximate surface area is 63.4 Å². The molecule has 2 heteroatoms. The van der Waals surface area contributed by atoms with Gasteiger partial charge in [0.15, 0.2) is 0 Å². The molecule has 3 N–H and O–H groups in total. The SMILES string of the molecule is CC.CC1(C(O)CN)CC1. The summed E-state index contributed by atoms with van der Waals surface area (Å²) in [6, 6.07) is 0. The molecule has 1 fully saturated rings.